The van der Waals surface area contributed by atoms with E-state index in [4.69, 9.17) is 0 Å². The molecule has 2 rings (SSSR count). The summed E-state index contributed by atoms with van der Waals surface area (Å²) in [5.41, 5.74) is 4.07. The lowest BCUT2D eigenvalue weighted by atomic mass is 9.95. The van der Waals surface area contributed by atoms with Crippen LogP contribution in [0.15, 0.2) is 51.4 Å². The van der Waals surface area contributed by atoms with Gasteiger partial charge in [0.05, 0.1) is 0 Å². The smallest absolute Gasteiger partial charge is 0.0363 e. The van der Waals surface area contributed by atoms with Gasteiger partial charge < -0.3 is 5.32 Å². The molecule has 21 heavy (non-hydrogen) atoms. The van der Waals surface area contributed by atoms with Gasteiger partial charge in [-0.05, 0) is 67.3 Å². The van der Waals surface area contributed by atoms with Crippen LogP contribution in [0.2, 0.25) is 0 Å². The number of benzene rings is 2. The van der Waals surface area contributed by atoms with Gasteiger partial charge in [-0.25, -0.2) is 0 Å². The van der Waals surface area contributed by atoms with Gasteiger partial charge in [-0.15, -0.1) is 0 Å². The molecule has 1 nitrogen and oxygen atoms in total. The zero-order valence-corrected chi connectivity index (χ0v) is 15.7. The minimum atomic E-state index is 0.360. The van der Waals surface area contributed by atoms with Gasteiger partial charge in [-0.2, -0.15) is 0 Å². The van der Waals surface area contributed by atoms with Crippen molar-refractivity contribution in [2.24, 2.45) is 0 Å². The Kier molecular flexibility index (Phi) is 6.46. The lowest BCUT2D eigenvalue weighted by molar-refractivity contribution is 0.527. The van der Waals surface area contributed by atoms with Gasteiger partial charge in [-0.1, -0.05) is 57.0 Å². The molecule has 0 heterocycles. The van der Waals surface area contributed by atoms with Gasteiger partial charge in [0.25, 0.3) is 0 Å². The maximum absolute atomic E-state index is 3.68. The third-order valence-electron chi connectivity index (χ3n) is 3.60. The number of hydrogen-bond acceptors (Lipinski definition) is 1. The van der Waals surface area contributed by atoms with Crippen molar-refractivity contribution in [3.05, 3.63) is 68.1 Å². The summed E-state index contributed by atoms with van der Waals surface area (Å²) in [6.45, 7) is 5.43. The summed E-state index contributed by atoms with van der Waals surface area (Å²) in [4.78, 5) is 0. The van der Waals surface area contributed by atoms with Crippen molar-refractivity contribution in [1.29, 1.82) is 0 Å². The van der Waals surface area contributed by atoms with Crippen LogP contribution >= 0.6 is 31.9 Å². The van der Waals surface area contributed by atoms with Crippen LogP contribution < -0.4 is 5.32 Å². The molecule has 3 heteroatoms. The molecular weight excluding hydrogens is 390 g/mol. The molecule has 0 aliphatic rings. The van der Waals surface area contributed by atoms with Crippen molar-refractivity contribution < 1.29 is 0 Å². The first-order chi connectivity index (χ1) is 10.1. The second-order valence-corrected chi connectivity index (χ2v) is 7.17. The Morgan fingerprint density at radius 2 is 1.67 bits per heavy atom. The van der Waals surface area contributed by atoms with Crippen LogP contribution in [0.1, 0.15) is 36.1 Å². The lowest BCUT2D eigenvalue weighted by Gasteiger charge is -2.21. The Bertz CT molecular complexity index is 578. The molecule has 0 radical (unpaired) electrons. The van der Waals surface area contributed by atoms with Crippen LogP contribution in [0, 0.1) is 6.92 Å². The van der Waals surface area contributed by atoms with E-state index in [0.717, 1.165) is 28.3 Å². The van der Waals surface area contributed by atoms with E-state index < -0.39 is 0 Å². The Labute approximate surface area is 144 Å². The SMILES string of the molecule is CCCNC(Cc1ccc(Br)cc1)c1ccc(Br)cc1C. The van der Waals surface area contributed by atoms with Crippen molar-refractivity contribution in [3.63, 3.8) is 0 Å². The van der Waals surface area contributed by atoms with Crippen LogP contribution in [0.3, 0.4) is 0 Å². The predicted octanol–water partition coefficient (Wildman–Crippen LogP) is 5.80. The van der Waals surface area contributed by atoms with E-state index in [0.29, 0.717) is 6.04 Å². The molecule has 1 atom stereocenters. The predicted molar refractivity (Wildman–Crippen MR) is 97.8 cm³/mol. The second kappa shape index (κ2) is 8.11. The van der Waals surface area contributed by atoms with E-state index in [-0.39, 0.29) is 0 Å². The molecule has 0 fully saturated rings. The van der Waals surface area contributed by atoms with E-state index in [1.165, 1.54) is 16.7 Å². The molecule has 2 aromatic carbocycles. The third-order valence-corrected chi connectivity index (χ3v) is 4.62. The van der Waals surface area contributed by atoms with Crippen molar-refractivity contribution in [1.82, 2.24) is 5.32 Å². The molecule has 0 bridgehead atoms. The normalized spacial score (nSPS) is 12.4. The zero-order chi connectivity index (χ0) is 15.2. The molecular formula is C18H21Br2N. The summed E-state index contributed by atoms with van der Waals surface area (Å²) in [6.07, 6.45) is 2.15. The highest BCUT2D eigenvalue weighted by Crippen LogP contribution is 2.25. The highest BCUT2D eigenvalue weighted by Gasteiger charge is 2.14. The van der Waals surface area contributed by atoms with Crippen molar-refractivity contribution in [2.75, 3.05) is 6.54 Å². The van der Waals surface area contributed by atoms with Gasteiger partial charge in [0.15, 0.2) is 0 Å². The second-order valence-electron chi connectivity index (χ2n) is 5.34. The monoisotopic (exact) mass is 409 g/mol. The first-order valence-electron chi connectivity index (χ1n) is 7.34. The fourth-order valence-electron chi connectivity index (χ4n) is 2.50. The van der Waals surface area contributed by atoms with Crippen LogP contribution in [-0.2, 0) is 6.42 Å². The van der Waals surface area contributed by atoms with Crippen LogP contribution in [-0.4, -0.2) is 6.54 Å². The van der Waals surface area contributed by atoms with E-state index in [9.17, 15) is 0 Å². The van der Waals surface area contributed by atoms with Crippen molar-refractivity contribution >= 4 is 31.9 Å². The van der Waals surface area contributed by atoms with E-state index in [1.54, 1.807) is 0 Å². The third kappa shape index (κ3) is 4.94. The summed E-state index contributed by atoms with van der Waals surface area (Å²) in [5.74, 6) is 0. The Balaban J connectivity index is 2.22. The van der Waals surface area contributed by atoms with E-state index in [1.807, 2.05) is 0 Å². The summed E-state index contributed by atoms with van der Waals surface area (Å²) in [6, 6.07) is 15.5. The number of rotatable bonds is 6. The maximum Gasteiger partial charge on any atom is 0.0363 e. The van der Waals surface area contributed by atoms with Gasteiger partial charge in [-0.3, -0.25) is 0 Å². The summed E-state index contributed by atoms with van der Waals surface area (Å²) in [5, 5.41) is 3.68. The van der Waals surface area contributed by atoms with Gasteiger partial charge in [0.1, 0.15) is 0 Å². The van der Waals surface area contributed by atoms with Crippen LogP contribution in [0.4, 0.5) is 0 Å². The minimum Gasteiger partial charge on any atom is -0.310 e. The van der Waals surface area contributed by atoms with Crippen LogP contribution in [0.5, 0.6) is 0 Å². The topological polar surface area (TPSA) is 12.0 Å². The Morgan fingerprint density at radius 1 is 1.00 bits per heavy atom. The summed E-state index contributed by atoms with van der Waals surface area (Å²) < 4.78 is 2.27. The molecule has 1 N–H and O–H groups in total. The molecule has 0 aliphatic carbocycles. The van der Waals surface area contributed by atoms with E-state index >= 15 is 0 Å². The Hall–Kier alpha value is -0.640. The molecule has 112 valence electrons. The zero-order valence-electron chi connectivity index (χ0n) is 12.5. The average molecular weight is 411 g/mol. The molecule has 0 aromatic heterocycles. The molecule has 0 saturated carbocycles. The molecule has 0 spiro atoms. The highest BCUT2D eigenvalue weighted by molar-refractivity contribution is 9.10. The summed E-state index contributed by atoms with van der Waals surface area (Å²) in [7, 11) is 0. The van der Waals surface area contributed by atoms with Crippen molar-refractivity contribution in [3.8, 4) is 0 Å². The maximum atomic E-state index is 3.68. The fourth-order valence-corrected chi connectivity index (χ4v) is 3.24. The number of halogens is 2. The molecule has 0 amide bonds. The minimum absolute atomic E-state index is 0.360. The van der Waals surface area contributed by atoms with E-state index in [2.05, 4.69) is 93.5 Å². The number of nitrogens with one attached hydrogen (secondary N) is 1. The number of hydrogen-bond donors (Lipinski definition) is 1. The van der Waals surface area contributed by atoms with Gasteiger partial charge >= 0.3 is 0 Å². The molecule has 0 saturated heterocycles. The quantitative estimate of drug-likeness (QED) is 0.634. The Morgan fingerprint density at radius 3 is 2.29 bits per heavy atom. The highest BCUT2D eigenvalue weighted by atomic mass is 79.9. The summed E-state index contributed by atoms with van der Waals surface area (Å²) >= 11 is 7.04. The molecule has 2 aromatic rings. The average Bonchev–Trinajstić information content (AvgIpc) is 2.46. The van der Waals surface area contributed by atoms with Gasteiger partial charge in [0.2, 0.25) is 0 Å². The number of aryl methyl sites for hydroxylation is 1. The standard InChI is InChI=1S/C18H21Br2N/c1-3-10-21-18(12-14-4-6-15(19)7-5-14)17-9-8-16(20)11-13(17)2/h4-9,11,18,21H,3,10,12H2,1-2H3. The first kappa shape index (κ1) is 16.7. The molecule has 0 aliphatic heterocycles. The fraction of sp³-hybridized carbons (Fsp3) is 0.333. The first-order valence-corrected chi connectivity index (χ1v) is 8.92. The molecule has 1 unspecified atom stereocenters. The largest absolute Gasteiger partial charge is 0.310 e. The van der Waals surface area contributed by atoms with Crippen molar-refractivity contribution in [2.45, 2.75) is 32.7 Å². The lowest BCUT2D eigenvalue weighted by Crippen LogP contribution is -2.24. The van der Waals surface area contributed by atoms with Crippen LogP contribution in [0.25, 0.3) is 0 Å². The van der Waals surface area contributed by atoms with Gasteiger partial charge in [0, 0.05) is 15.0 Å².